The largest absolute Gasteiger partial charge is 0.378 e. The number of aryl methyl sites for hydroxylation is 1. The van der Waals surface area contributed by atoms with E-state index in [1.54, 1.807) is 6.20 Å². The Morgan fingerprint density at radius 2 is 2.00 bits per heavy atom. The van der Waals surface area contributed by atoms with Crippen LogP contribution in [0.25, 0.3) is 0 Å². The quantitative estimate of drug-likeness (QED) is 0.708. The van der Waals surface area contributed by atoms with E-state index >= 15 is 0 Å². The Hall–Kier alpha value is -2.22. The molecule has 0 radical (unpaired) electrons. The number of benzene rings is 1. The van der Waals surface area contributed by atoms with E-state index < -0.39 is 0 Å². The summed E-state index contributed by atoms with van der Waals surface area (Å²) in [5, 5.41) is 3.82. The first kappa shape index (κ1) is 22.0. The first-order valence-electron chi connectivity index (χ1n) is 11.0. The van der Waals surface area contributed by atoms with Crippen molar-refractivity contribution in [3.63, 3.8) is 0 Å². The highest BCUT2D eigenvalue weighted by Gasteiger charge is 2.19. The molecule has 4 rings (SSSR count). The normalized spacial score (nSPS) is 19.5. The van der Waals surface area contributed by atoms with Crippen molar-refractivity contribution in [2.45, 2.75) is 38.2 Å². The molecule has 0 saturated carbocycles. The molecule has 2 aliphatic rings. The second-order valence-electron chi connectivity index (χ2n) is 8.34. The van der Waals surface area contributed by atoms with Crippen molar-refractivity contribution in [1.29, 1.82) is 0 Å². The standard InChI is InChI=1S/C23H30ClN5O2/c1-28-10-12-29(13-11-28)22(30)15-17-4-6-18(7-5-17)26-23-25-16-20(24)21(27-23)9-8-19-3-2-14-31-19/h4-7,16,19H,2-3,8-15H2,1H3,(H,25,26,27)/t19-/m1/s1. The van der Waals surface area contributed by atoms with Gasteiger partial charge in [-0.3, -0.25) is 4.79 Å². The fraction of sp³-hybridized carbons (Fsp3) is 0.522. The highest BCUT2D eigenvalue weighted by Crippen LogP contribution is 2.22. The monoisotopic (exact) mass is 443 g/mol. The summed E-state index contributed by atoms with van der Waals surface area (Å²) in [7, 11) is 2.09. The maximum absolute atomic E-state index is 12.5. The van der Waals surface area contributed by atoms with Crippen LogP contribution in [-0.4, -0.2) is 71.6 Å². The van der Waals surface area contributed by atoms with Gasteiger partial charge in [0, 0.05) is 38.5 Å². The fourth-order valence-electron chi connectivity index (χ4n) is 3.98. The van der Waals surface area contributed by atoms with E-state index in [2.05, 4.69) is 27.2 Å². The van der Waals surface area contributed by atoms with Crippen molar-refractivity contribution >= 4 is 29.1 Å². The van der Waals surface area contributed by atoms with Gasteiger partial charge in [0.2, 0.25) is 11.9 Å². The highest BCUT2D eigenvalue weighted by atomic mass is 35.5. The molecule has 1 amide bonds. The topological polar surface area (TPSA) is 70.6 Å². The molecule has 0 aliphatic carbocycles. The number of hydrogen-bond acceptors (Lipinski definition) is 6. The molecule has 0 unspecified atom stereocenters. The number of amides is 1. The lowest BCUT2D eigenvalue weighted by Crippen LogP contribution is -2.47. The van der Waals surface area contributed by atoms with Crippen molar-refractivity contribution < 1.29 is 9.53 Å². The van der Waals surface area contributed by atoms with Gasteiger partial charge in [-0.1, -0.05) is 23.7 Å². The molecule has 2 aromatic rings. The molecule has 3 heterocycles. The highest BCUT2D eigenvalue weighted by molar-refractivity contribution is 6.31. The zero-order valence-electron chi connectivity index (χ0n) is 18.0. The van der Waals surface area contributed by atoms with Gasteiger partial charge in [0.1, 0.15) is 0 Å². The second-order valence-corrected chi connectivity index (χ2v) is 8.75. The van der Waals surface area contributed by atoms with Crippen LogP contribution in [0.2, 0.25) is 5.02 Å². The number of carbonyl (C=O) groups excluding carboxylic acids is 1. The Balaban J connectivity index is 1.32. The molecule has 166 valence electrons. The van der Waals surface area contributed by atoms with Gasteiger partial charge in [0.25, 0.3) is 0 Å². The van der Waals surface area contributed by atoms with Crippen LogP contribution in [0, 0.1) is 0 Å². The molecule has 2 fully saturated rings. The molecule has 2 aliphatic heterocycles. The third kappa shape index (κ3) is 6.15. The van der Waals surface area contributed by atoms with Gasteiger partial charge in [-0.05, 0) is 50.4 Å². The molecule has 1 atom stereocenters. The first-order chi connectivity index (χ1) is 15.1. The zero-order chi connectivity index (χ0) is 21.6. The Kier molecular flexibility index (Phi) is 7.37. The first-order valence-corrected chi connectivity index (χ1v) is 11.4. The molecule has 7 nitrogen and oxygen atoms in total. The van der Waals surface area contributed by atoms with Gasteiger partial charge in [0.15, 0.2) is 0 Å². The van der Waals surface area contributed by atoms with Crippen molar-refractivity contribution in [1.82, 2.24) is 19.8 Å². The third-order valence-corrected chi connectivity index (χ3v) is 6.28. The Labute approximate surface area is 188 Å². The van der Waals surface area contributed by atoms with Crippen LogP contribution >= 0.6 is 11.6 Å². The van der Waals surface area contributed by atoms with Crippen LogP contribution in [0.4, 0.5) is 11.6 Å². The van der Waals surface area contributed by atoms with Gasteiger partial charge in [0.05, 0.1) is 29.4 Å². The number of anilines is 2. The summed E-state index contributed by atoms with van der Waals surface area (Å²) in [6, 6.07) is 7.86. The van der Waals surface area contributed by atoms with Gasteiger partial charge >= 0.3 is 0 Å². The molecule has 2 saturated heterocycles. The number of ether oxygens (including phenoxy) is 1. The van der Waals surface area contributed by atoms with E-state index in [0.717, 1.165) is 75.4 Å². The summed E-state index contributed by atoms with van der Waals surface area (Å²) < 4.78 is 5.69. The van der Waals surface area contributed by atoms with E-state index in [0.29, 0.717) is 23.5 Å². The van der Waals surface area contributed by atoms with Crippen LogP contribution in [0.5, 0.6) is 0 Å². The van der Waals surface area contributed by atoms with Crippen LogP contribution in [0.15, 0.2) is 30.5 Å². The predicted octanol–water partition coefficient (Wildman–Crippen LogP) is 3.30. The number of halogens is 1. The molecule has 0 spiro atoms. The summed E-state index contributed by atoms with van der Waals surface area (Å²) in [5.74, 6) is 0.707. The molecule has 31 heavy (non-hydrogen) atoms. The lowest BCUT2D eigenvalue weighted by atomic mass is 10.1. The predicted molar refractivity (Wildman–Crippen MR) is 122 cm³/mol. The van der Waals surface area contributed by atoms with E-state index in [-0.39, 0.29) is 5.91 Å². The summed E-state index contributed by atoms with van der Waals surface area (Å²) in [5.41, 5.74) is 2.72. The summed E-state index contributed by atoms with van der Waals surface area (Å²) >= 11 is 6.29. The van der Waals surface area contributed by atoms with Crippen molar-refractivity contribution in [2.75, 3.05) is 45.2 Å². The van der Waals surface area contributed by atoms with E-state index in [1.807, 2.05) is 29.2 Å². The third-order valence-electron chi connectivity index (χ3n) is 5.97. The Bertz CT molecular complexity index is 878. The van der Waals surface area contributed by atoms with Crippen molar-refractivity contribution in [2.24, 2.45) is 0 Å². The molecule has 1 N–H and O–H groups in total. The Morgan fingerprint density at radius 3 is 2.71 bits per heavy atom. The number of rotatable bonds is 7. The zero-order valence-corrected chi connectivity index (χ0v) is 18.8. The number of hydrogen-bond donors (Lipinski definition) is 1. The molecule has 1 aromatic carbocycles. The number of nitrogens with one attached hydrogen (secondary N) is 1. The average molecular weight is 444 g/mol. The SMILES string of the molecule is CN1CCN(C(=O)Cc2ccc(Nc3ncc(Cl)c(CC[C@H]4CCCO4)n3)cc2)CC1. The van der Waals surface area contributed by atoms with E-state index in [9.17, 15) is 4.79 Å². The summed E-state index contributed by atoms with van der Waals surface area (Å²) in [6.45, 7) is 4.33. The van der Waals surface area contributed by atoms with Gasteiger partial charge < -0.3 is 19.9 Å². The molecule has 0 bridgehead atoms. The Morgan fingerprint density at radius 1 is 1.23 bits per heavy atom. The van der Waals surface area contributed by atoms with Crippen LogP contribution < -0.4 is 5.32 Å². The lowest BCUT2D eigenvalue weighted by Gasteiger charge is -2.32. The summed E-state index contributed by atoms with van der Waals surface area (Å²) in [6.07, 6.45) is 6.31. The molecule has 1 aromatic heterocycles. The van der Waals surface area contributed by atoms with Crippen LogP contribution in [-0.2, 0) is 22.4 Å². The minimum Gasteiger partial charge on any atom is -0.378 e. The second kappa shape index (κ2) is 10.4. The molecule has 8 heteroatoms. The number of likely N-dealkylation sites (N-methyl/N-ethyl adjacent to an activating group) is 1. The number of aromatic nitrogens is 2. The average Bonchev–Trinajstić information content (AvgIpc) is 3.29. The molecular formula is C23H30ClN5O2. The smallest absolute Gasteiger partial charge is 0.227 e. The summed E-state index contributed by atoms with van der Waals surface area (Å²) in [4.78, 5) is 25.6. The van der Waals surface area contributed by atoms with Crippen molar-refractivity contribution in [3.8, 4) is 0 Å². The van der Waals surface area contributed by atoms with Crippen molar-refractivity contribution in [3.05, 3.63) is 46.7 Å². The van der Waals surface area contributed by atoms with E-state index in [1.165, 1.54) is 0 Å². The minimum atomic E-state index is 0.186. The number of carbonyl (C=O) groups is 1. The van der Waals surface area contributed by atoms with E-state index in [4.69, 9.17) is 16.3 Å². The lowest BCUT2D eigenvalue weighted by molar-refractivity contribution is -0.132. The van der Waals surface area contributed by atoms with Gasteiger partial charge in [-0.25, -0.2) is 9.97 Å². The molecular weight excluding hydrogens is 414 g/mol. The minimum absolute atomic E-state index is 0.186. The number of nitrogens with zero attached hydrogens (tertiary/aromatic N) is 4. The maximum atomic E-state index is 12.5. The van der Waals surface area contributed by atoms with Gasteiger partial charge in [-0.15, -0.1) is 0 Å². The van der Waals surface area contributed by atoms with Gasteiger partial charge in [-0.2, -0.15) is 0 Å². The fourth-order valence-corrected chi connectivity index (χ4v) is 4.17. The van der Waals surface area contributed by atoms with Crippen LogP contribution in [0.3, 0.4) is 0 Å². The maximum Gasteiger partial charge on any atom is 0.227 e. The van der Waals surface area contributed by atoms with Crippen LogP contribution in [0.1, 0.15) is 30.5 Å². The number of piperazine rings is 1.